The van der Waals surface area contributed by atoms with Gasteiger partial charge in [-0.25, -0.2) is 27.7 Å². The van der Waals surface area contributed by atoms with Crippen LogP contribution in [0.15, 0.2) is 132 Å². The summed E-state index contributed by atoms with van der Waals surface area (Å²) in [6.45, 7) is 7.40. The number of halogens is 3. The molecule has 0 spiro atoms. The smallest absolute Gasteiger partial charge is 0.341 e. The van der Waals surface area contributed by atoms with Crippen LogP contribution in [-0.2, 0) is 13.1 Å². The number of carboxylic acid groups (broad SMARTS) is 2. The molecule has 16 nitrogen and oxygen atoms in total. The molecular weight excluding hydrogens is 958 g/mol. The Bertz CT molecular complexity index is 3210. The van der Waals surface area contributed by atoms with Gasteiger partial charge in [-0.1, -0.05) is 24.3 Å². The Kier molecular flexibility index (Phi) is 13.7. The van der Waals surface area contributed by atoms with Gasteiger partial charge in [-0.2, -0.15) is 10.2 Å². The molecule has 4 aliphatic rings. The fraction of sp³-hybridized carbons (Fsp3) is 0.296. The van der Waals surface area contributed by atoms with Crippen LogP contribution >= 0.6 is 12.4 Å². The predicted molar refractivity (Wildman–Crippen MR) is 276 cm³/mol. The van der Waals surface area contributed by atoms with Crippen molar-refractivity contribution in [3.63, 3.8) is 0 Å². The number of aromatic nitrogens is 6. The zero-order chi connectivity index (χ0) is 49.6. The Morgan fingerprint density at radius 3 is 1.23 bits per heavy atom. The summed E-state index contributed by atoms with van der Waals surface area (Å²) in [5.74, 6) is -3.56. The third-order valence-corrected chi connectivity index (χ3v) is 14.2. The number of fused-ring (bicyclic) bond motifs is 2. The quantitative estimate of drug-likeness (QED) is 0.122. The van der Waals surface area contributed by atoms with Crippen molar-refractivity contribution in [2.24, 2.45) is 0 Å². The Morgan fingerprint density at radius 2 is 0.918 bits per heavy atom. The van der Waals surface area contributed by atoms with Crippen molar-refractivity contribution in [1.82, 2.24) is 38.5 Å². The molecule has 2 saturated heterocycles. The molecule has 2 N–H and O–H groups in total. The zero-order valence-corrected chi connectivity index (χ0v) is 40.6. The van der Waals surface area contributed by atoms with E-state index in [2.05, 4.69) is 68.5 Å². The first-order chi connectivity index (χ1) is 34.9. The Balaban J connectivity index is 0.000000165. The average Bonchev–Trinajstić information content (AvgIpc) is 4.30. The van der Waals surface area contributed by atoms with Crippen LogP contribution in [0.4, 0.5) is 20.2 Å². The van der Waals surface area contributed by atoms with Crippen LogP contribution in [-0.4, -0.2) is 113 Å². The average molecular weight is 1010 g/mol. The van der Waals surface area contributed by atoms with Gasteiger partial charge in [0.1, 0.15) is 22.8 Å². The standard InChI is InChI=1S/2C27H26FN5O3.ClH/c2*28-23-14-21-24(32(19-6-7-19)17-22(26(21)34)27(35)36)15-25(23)31-12-10-30(11-13-31)16-18-2-4-20(5-3-18)33-9-1-8-29-33;/h2*1-5,8-9,14-15,17,19H,6-7,10-13,16H2,(H,35,36);1H. The Morgan fingerprint density at radius 1 is 0.548 bits per heavy atom. The van der Waals surface area contributed by atoms with Crippen molar-refractivity contribution in [3.05, 3.63) is 176 Å². The van der Waals surface area contributed by atoms with Gasteiger partial charge < -0.3 is 29.1 Å². The second-order valence-electron chi connectivity index (χ2n) is 19.0. The van der Waals surface area contributed by atoms with E-state index in [0.717, 1.165) is 76.3 Å². The second-order valence-corrected chi connectivity index (χ2v) is 19.0. The molecule has 0 atom stereocenters. The molecule has 6 heterocycles. The van der Waals surface area contributed by atoms with E-state index in [1.54, 1.807) is 24.5 Å². The third-order valence-electron chi connectivity index (χ3n) is 14.2. The van der Waals surface area contributed by atoms with Crippen molar-refractivity contribution in [3.8, 4) is 11.4 Å². The number of anilines is 2. The number of hydrogen-bond donors (Lipinski definition) is 2. The number of rotatable bonds is 12. The fourth-order valence-corrected chi connectivity index (χ4v) is 9.98. The number of hydrogen-bond acceptors (Lipinski definition) is 10. The van der Waals surface area contributed by atoms with Crippen molar-refractivity contribution < 1.29 is 28.6 Å². The summed E-state index contributed by atoms with van der Waals surface area (Å²) in [6, 6.07) is 26.6. The van der Waals surface area contributed by atoms with Crippen LogP contribution in [0.5, 0.6) is 0 Å². The summed E-state index contributed by atoms with van der Waals surface area (Å²) in [5.41, 5.74) is 4.67. The highest BCUT2D eigenvalue weighted by Gasteiger charge is 2.31. The number of piperazine rings is 2. The van der Waals surface area contributed by atoms with E-state index in [0.29, 0.717) is 48.6 Å². The van der Waals surface area contributed by atoms with Gasteiger partial charge in [-0.3, -0.25) is 19.4 Å². The monoisotopic (exact) mass is 1010 g/mol. The van der Waals surface area contributed by atoms with Gasteiger partial charge in [0.15, 0.2) is 0 Å². The number of carbonyl (C=O) groups is 2. The summed E-state index contributed by atoms with van der Waals surface area (Å²) in [7, 11) is 0. The number of pyridine rings is 2. The molecule has 0 amide bonds. The van der Waals surface area contributed by atoms with E-state index in [-0.39, 0.29) is 46.4 Å². The molecule has 376 valence electrons. The van der Waals surface area contributed by atoms with Crippen molar-refractivity contribution >= 4 is 57.5 Å². The van der Waals surface area contributed by atoms with Crippen LogP contribution in [0, 0.1) is 11.6 Å². The molecule has 0 bridgehead atoms. The normalized spacial score (nSPS) is 16.3. The Hall–Kier alpha value is -7.67. The van der Waals surface area contributed by atoms with Gasteiger partial charge >= 0.3 is 11.9 Å². The van der Waals surface area contributed by atoms with Gasteiger partial charge in [0.25, 0.3) is 0 Å². The van der Waals surface area contributed by atoms with Crippen LogP contribution < -0.4 is 20.7 Å². The molecule has 4 aromatic heterocycles. The van der Waals surface area contributed by atoms with Crippen molar-refractivity contribution in [1.29, 1.82) is 0 Å². The first-order valence-corrected chi connectivity index (χ1v) is 24.3. The van der Waals surface area contributed by atoms with Crippen LogP contribution in [0.2, 0.25) is 0 Å². The maximum absolute atomic E-state index is 15.2. The van der Waals surface area contributed by atoms with Crippen LogP contribution in [0.25, 0.3) is 33.2 Å². The molecular formula is C54H53ClF2N10O6. The molecule has 8 aromatic rings. The van der Waals surface area contributed by atoms with E-state index in [4.69, 9.17) is 0 Å². The first kappa shape index (κ1) is 48.9. The lowest BCUT2D eigenvalue weighted by Crippen LogP contribution is -2.46. The van der Waals surface area contributed by atoms with Crippen LogP contribution in [0.3, 0.4) is 0 Å². The van der Waals surface area contributed by atoms with Gasteiger partial charge in [0.2, 0.25) is 10.9 Å². The molecule has 2 aliphatic carbocycles. The second kappa shape index (κ2) is 20.4. The molecule has 4 fully saturated rings. The maximum Gasteiger partial charge on any atom is 0.341 e. The topological polar surface area (TPSA) is 167 Å². The fourth-order valence-electron chi connectivity index (χ4n) is 9.98. The lowest BCUT2D eigenvalue weighted by atomic mass is 10.1. The predicted octanol–water partition coefficient (Wildman–Crippen LogP) is 7.79. The molecule has 73 heavy (non-hydrogen) atoms. The van der Waals surface area contributed by atoms with Crippen molar-refractivity contribution in [2.75, 3.05) is 62.2 Å². The highest BCUT2D eigenvalue weighted by atomic mass is 35.5. The summed E-state index contributed by atoms with van der Waals surface area (Å²) in [5, 5.41) is 27.6. The lowest BCUT2D eigenvalue weighted by molar-refractivity contribution is 0.0684. The van der Waals surface area contributed by atoms with Crippen molar-refractivity contribution in [2.45, 2.75) is 50.9 Å². The Labute approximate surface area is 423 Å². The summed E-state index contributed by atoms with van der Waals surface area (Å²) >= 11 is 0. The molecule has 12 rings (SSSR count). The third kappa shape index (κ3) is 10.2. The minimum atomic E-state index is -1.28. The largest absolute Gasteiger partial charge is 0.477 e. The van der Waals surface area contributed by atoms with Gasteiger partial charge in [0.05, 0.1) is 33.8 Å². The SMILES string of the molecule is Cl.O=C(O)c1cn(C2CC2)c2cc(N3CCN(Cc4ccc(-n5cccn5)cc4)CC3)c(F)cc2c1=O.O=C(O)c1cn(C2CC2)c2cc(N3CCN(Cc4ccc(-n5cccn5)cc4)CC3)c(F)cc2c1=O. The van der Waals surface area contributed by atoms with Gasteiger partial charge in [-0.05, 0) is 97.5 Å². The summed E-state index contributed by atoms with van der Waals surface area (Å²) in [4.78, 5) is 57.3. The number of nitrogens with zero attached hydrogens (tertiary/aromatic N) is 10. The maximum atomic E-state index is 15.2. The molecule has 4 aromatic carbocycles. The van der Waals surface area contributed by atoms with Gasteiger partial charge in [-0.15, -0.1) is 12.4 Å². The van der Waals surface area contributed by atoms with E-state index in [1.807, 2.05) is 52.8 Å². The lowest BCUT2D eigenvalue weighted by Gasteiger charge is -2.36. The first-order valence-electron chi connectivity index (χ1n) is 24.3. The van der Waals surface area contributed by atoms with E-state index in [9.17, 15) is 29.4 Å². The van der Waals surface area contributed by atoms with E-state index >= 15 is 8.78 Å². The minimum Gasteiger partial charge on any atom is -0.477 e. The van der Waals surface area contributed by atoms with E-state index < -0.39 is 34.4 Å². The summed E-state index contributed by atoms with van der Waals surface area (Å²) < 4.78 is 37.7. The molecule has 2 saturated carbocycles. The van der Waals surface area contributed by atoms with E-state index in [1.165, 1.54) is 35.7 Å². The minimum absolute atomic E-state index is 0. The highest BCUT2D eigenvalue weighted by Crippen LogP contribution is 2.40. The molecule has 19 heteroatoms. The number of benzene rings is 4. The molecule has 2 aliphatic heterocycles. The number of carboxylic acids is 2. The van der Waals surface area contributed by atoms with Crippen LogP contribution in [0.1, 0.15) is 69.6 Å². The molecule has 0 radical (unpaired) electrons. The van der Waals surface area contributed by atoms with Gasteiger partial charge in [0, 0.05) is 125 Å². The molecule has 0 unspecified atom stereocenters. The summed E-state index contributed by atoms with van der Waals surface area (Å²) in [6.07, 6.45) is 13.9. The highest BCUT2D eigenvalue weighted by molar-refractivity contribution is 5.95. The zero-order valence-electron chi connectivity index (χ0n) is 39.8. The number of aromatic carboxylic acids is 2.